The second-order valence-electron chi connectivity index (χ2n) is 8.02. The molecule has 11 heteroatoms. The number of carbonyl (C=O) groups is 2. The number of nitrogens with one attached hydrogen (secondary N) is 1. The largest absolute Gasteiger partial charge is 0.305 e. The van der Waals surface area contributed by atoms with Crippen molar-refractivity contribution in [2.45, 2.75) is 19.3 Å². The minimum absolute atomic E-state index is 0.0417. The smallest absolute Gasteiger partial charge is 0.288 e. The molecule has 2 aliphatic rings. The van der Waals surface area contributed by atoms with E-state index in [1.54, 1.807) is 35.5 Å². The van der Waals surface area contributed by atoms with Gasteiger partial charge in [-0.15, -0.1) is 0 Å². The van der Waals surface area contributed by atoms with Crippen molar-refractivity contribution < 1.29 is 18.9 Å². The molecule has 35 heavy (non-hydrogen) atoms. The third kappa shape index (κ3) is 5.40. The number of nitrogens with zero attached hydrogens (tertiary/aromatic N) is 6. The molecule has 178 valence electrons. The summed E-state index contributed by atoms with van der Waals surface area (Å²) < 4.78 is 5.27. The van der Waals surface area contributed by atoms with Gasteiger partial charge >= 0.3 is 5.88 Å². The predicted molar refractivity (Wildman–Crippen MR) is 133 cm³/mol. The van der Waals surface area contributed by atoms with E-state index in [-0.39, 0.29) is 29.1 Å². The molecule has 3 aromatic rings. The molecule has 2 aromatic heterocycles. The monoisotopic (exact) mass is 490 g/mol. The molecule has 1 fully saturated rings. The van der Waals surface area contributed by atoms with Gasteiger partial charge < -0.3 is 0 Å². The van der Waals surface area contributed by atoms with Crippen molar-refractivity contribution in [3.63, 3.8) is 0 Å². The van der Waals surface area contributed by atoms with Crippen LogP contribution in [-0.4, -0.2) is 46.1 Å². The molecule has 0 unspecified atom stereocenters. The summed E-state index contributed by atoms with van der Waals surface area (Å²) >= 11 is 1.17. The summed E-state index contributed by atoms with van der Waals surface area (Å²) in [6, 6.07) is 12.9. The number of para-hydroxylation sites is 1. The van der Waals surface area contributed by atoms with Gasteiger partial charge in [0.05, 0.1) is 29.3 Å². The second kappa shape index (κ2) is 10.5. The van der Waals surface area contributed by atoms with Crippen LogP contribution in [0.2, 0.25) is 0 Å². The number of hydrogen-bond acceptors (Lipinski definition) is 8. The molecule has 0 bridgehead atoms. The zero-order chi connectivity index (χ0) is 24.0. The Morgan fingerprint density at radius 2 is 1.97 bits per heavy atom. The number of pyridine rings is 1. The molecule has 10 nitrogen and oxygen atoms in total. The molecule has 2 aliphatic heterocycles. The van der Waals surface area contributed by atoms with Crippen LogP contribution in [0.1, 0.15) is 24.8 Å². The number of amides is 2. The maximum atomic E-state index is 13.2. The van der Waals surface area contributed by atoms with Gasteiger partial charge in [0.15, 0.2) is 5.17 Å². The van der Waals surface area contributed by atoms with Gasteiger partial charge in [0.1, 0.15) is 5.70 Å². The molecule has 0 radical (unpaired) electrons. The molecule has 1 aromatic carbocycles. The van der Waals surface area contributed by atoms with Crippen molar-refractivity contribution in [1.29, 1.82) is 0 Å². The van der Waals surface area contributed by atoms with E-state index >= 15 is 0 Å². The quantitative estimate of drug-likeness (QED) is 0.418. The molecular weight excluding hydrogens is 466 g/mol. The lowest BCUT2D eigenvalue weighted by atomic mass is 10.2. The van der Waals surface area contributed by atoms with E-state index in [1.165, 1.54) is 23.1 Å². The van der Waals surface area contributed by atoms with E-state index in [0.717, 1.165) is 31.5 Å². The van der Waals surface area contributed by atoms with Crippen molar-refractivity contribution in [2.24, 2.45) is 4.99 Å². The van der Waals surface area contributed by atoms with E-state index in [1.807, 2.05) is 36.4 Å². The van der Waals surface area contributed by atoms with Gasteiger partial charge in [-0.2, -0.15) is 5.01 Å². The Labute approximate surface area is 206 Å². The van der Waals surface area contributed by atoms with Gasteiger partial charge in [-0.05, 0) is 49.1 Å². The third-order valence-corrected chi connectivity index (χ3v) is 6.44. The Hall–Kier alpha value is -3.99. The highest BCUT2D eigenvalue weighted by molar-refractivity contribution is 8.14. The summed E-state index contributed by atoms with van der Waals surface area (Å²) in [5.74, 6) is -0.242. The first kappa shape index (κ1) is 22.8. The van der Waals surface area contributed by atoms with Crippen molar-refractivity contribution >= 4 is 46.4 Å². The number of hydrogen-bond donors (Lipinski definition) is 1. The Morgan fingerprint density at radius 1 is 1.14 bits per heavy atom. The number of rotatable bonds is 6. The number of benzene rings is 1. The van der Waals surface area contributed by atoms with E-state index in [0.29, 0.717) is 10.9 Å². The number of carbonyl (C=O) groups excluding carboxylic acids is 2. The van der Waals surface area contributed by atoms with Crippen LogP contribution in [0.3, 0.4) is 0 Å². The minimum Gasteiger partial charge on any atom is -0.288 e. The van der Waals surface area contributed by atoms with Gasteiger partial charge in [-0.1, -0.05) is 36.0 Å². The molecule has 0 atom stereocenters. The van der Waals surface area contributed by atoms with E-state index < -0.39 is 0 Å². The Kier molecular flexibility index (Phi) is 6.85. The minimum atomic E-state index is -0.287. The Balaban J connectivity index is 1.28. The van der Waals surface area contributed by atoms with E-state index in [9.17, 15) is 9.59 Å². The summed E-state index contributed by atoms with van der Waals surface area (Å²) in [5, 5.41) is 9.22. The number of thioether (sulfide) groups is 1. The lowest BCUT2D eigenvalue weighted by Crippen LogP contribution is -2.60. The second-order valence-corrected chi connectivity index (χ2v) is 8.97. The first-order valence-corrected chi connectivity index (χ1v) is 12.3. The first-order chi connectivity index (χ1) is 17.2. The third-order valence-electron chi connectivity index (χ3n) is 5.50. The summed E-state index contributed by atoms with van der Waals surface area (Å²) in [6.07, 6.45) is 10.1. The summed E-state index contributed by atoms with van der Waals surface area (Å²) in [6.45, 7) is 1.80. The molecule has 0 spiro atoms. The van der Waals surface area contributed by atoms with Crippen molar-refractivity contribution in [1.82, 2.24) is 10.3 Å². The molecular formula is C24H24N7O3S+. The molecule has 0 saturated carbocycles. The van der Waals surface area contributed by atoms with Crippen LogP contribution in [-0.2, 0) is 9.59 Å². The zero-order valence-electron chi connectivity index (χ0n) is 18.9. The van der Waals surface area contributed by atoms with Gasteiger partial charge in [0, 0.05) is 12.4 Å². The SMILES string of the molecule is O=C(CSC1=N/C(=C/c2cccnc2)C(=O)N1c1ccccc1)Nc1c[n+](N2CCCCC2)no1. The maximum Gasteiger partial charge on any atom is 0.305 e. The van der Waals surface area contributed by atoms with Crippen molar-refractivity contribution in [3.8, 4) is 0 Å². The highest BCUT2D eigenvalue weighted by Gasteiger charge is 2.32. The highest BCUT2D eigenvalue weighted by atomic mass is 32.2. The number of piperidine rings is 1. The van der Waals surface area contributed by atoms with Crippen molar-refractivity contribution in [2.75, 3.05) is 34.1 Å². The van der Waals surface area contributed by atoms with Crippen LogP contribution >= 0.6 is 11.8 Å². The topological polar surface area (TPSA) is 108 Å². The fourth-order valence-corrected chi connectivity index (χ4v) is 4.64. The lowest BCUT2D eigenvalue weighted by molar-refractivity contribution is -0.759. The summed E-state index contributed by atoms with van der Waals surface area (Å²) in [5.41, 5.74) is 1.73. The van der Waals surface area contributed by atoms with Crippen LogP contribution in [0.25, 0.3) is 6.08 Å². The Morgan fingerprint density at radius 3 is 2.74 bits per heavy atom. The van der Waals surface area contributed by atoms with Crippen LogP contribution in [0.4, 0.5) is 11.6 Å². The van der Waals surface area contributed by atoms with E-state index in [2.05, 4.69) is 25.6 Å². The molecule has 5 rings (SSSR count). The summed E-state index contributed by atoms with van der Waals surface area (Å²) in [4.78, 5) is 37.6. The maximum absolute atomic E-state index is 13.2. The predicted octanol–water partition coefficient (Wildman–Crippen LogP) is 2.59. The molecule has 1 N–H and O–H groups in total. The normalized spacial score (nSPS) is 17.1. The summed E-state index contributed by atoms with van der Waals surface area (Å²) in [7, 11) is 0. The average molecular weight is 491 g/mol. The van der Waals surface area contributed by atoms with Gasteiger partial charge in [-0.3, -0.25) is 29.3 Å². The highest BCUT2D eigenvalue weighted by Crippen LogP contribution is 2.29. The number of anilines is 2. The average Bonchev–Trinajstić information content (AvgIpc) is 3.49. The first-order valence-electron chi connectivity index (χ1n) is 11.3. The molecule has 2 amide bonds. The number of aliphatic imine (C=N–C) groups is 1. The van der Waals surface area contributed by atoms with Crippen LogP contribution in [0.15, 0.2) is 76.3 Å². The van der Waals surface area contributed by atoms with Crippen LogP contribution < -0.4 is 20.0 Å². The van der Waals surface area contributed by atoms with E-state index in [4.69, 9.17) is 4.52 Å². The standard InChI is InChI=1S/C24H23N7O3S/c32-21(27-22-16-30(28-34-22)29-12-5-2-6-13-29)17-35-24-26-20(14-18-8-7-11-25-15-18)23(33)31(24)19-9-3-1-4-10-19/h1,3-4,7-11,14-16H,2,5-6,12-13,17H2/p+1/b20-14+. The number of amidine groups is 1. The van der Waals surface area contributed by atoms with Gasteiger partial charge in [0.25, 0.3) is 12.1 Å². The number of aromatic nitrogens is 3. The Bertz CT molecular complexity index is 1250. The van der Waals surface area contributed by atoms with Crippen LogP contribution in [0, 0.1) is 0 Å². The fraction of sp³-hybridized carbons (Fsp3) is 0.250. The van der Waals surface area contributed by atoms with Gasteiger partial charge in [0.2, 0.25) is 11.2 Å². The molecule has 1 saturated heterocycles. The fourth-order valence-electron chi connectivity index (χ4n) is 3.83. The lowest BCUT2D eigenvalue weighted by Gasteiger charge is -2.17. The van der Waals surface area contributed by atoms with Gasteiger partial charge in [-0.25, -0.2) is 4.99 Å². The molecule has 4 heterocycles. The van der Waals surface area contributed by atoms with Crippen LogP contribution in [0.5, 0.6) is 0 Å². The van der Waals surface area contributed by atoms with Crippen molar-refractivity contribution in [3.05, 3.63) is 72.3 Å². The molecule has 0 aliphatic carbocycles. The zero-order valence-corrected chi connectivity index (χ0v) is 19.7.